The molecule has 2 atom stereocenters. The number of carbonyl (C=O) groups excluding carboxylic acids is 2. The Morgan fingerprint density at radius 2 is 1.61 bits per heavy atom. The average molecular weight is 691 g/mol. The summed E-state index contributed by atoms with van der Waals surface area (Å²) in [5.41, 5.74) is 1.02. The molecule has 0 bridgehead atoms. The Bertz CT molecular complexity index is 1530. The summed E-state index contributed by atoms with van der Waals surface area (Å²) in [5, 5.41) is 2.93. The van der Waals surface area contributed by atoms with Gasteiger partial charge in [-0.15, -0.1) is 0 Å². The molecule has 3 aromatic rings. The number of carbonyl (C=O) groups is 2. The maximum atomic E-state index is 14.2. The molecule has 44 heavy (non-hydrogen) atoms. The first kappa shape index (κ1) is 34.7. The molecule has 12 heteroatoms. The van der Waals surface area contributed by atoms with E-state index in [0.29, 0.717) is 24.5 Å². The molecule has 238 valence electrons. The minimum atomic E-state index is -4.31. The van der Waals surface area contributed by atoms with Crippen LogP contribution in [0.15, 0.2) is 76.1 Å². The zero-order chi connectivity index (χ0) is 32.4. The Morgan fingerprint density at radius 1 is 0.932 bits per heavy atom. The summed E-state index contributed by atoms with van der Waals surface area (Å²) < 4.78 is 46.4. The summed E-state index contributed by atoms with van der Waals surface area (Å²) in [7, 11) is -1.45. The molecule has 0 radical (unpaired) electrons. The predicted molar refractivity (Wildman–Crippen MR) is 174 cm³/mol. The monoisotopic (exact) mass is 689 g/mol. The van der Waals surface area contributed by atoms with Gasteiger partial charge in [0.05, 0.1) is 31.4 Å². The predicted octanol–water partition coefficient (Wildman–Crippen LogP) is 5.39. The van der Waals surface area contributed by atoms with Crippen LogP contribution in [0.25, 0.3) is 0 Å². The summed E-state index contributed by atoms with van der Waals surface area (Å²) in [6.07, 6.45) is 0.715. The molecule has 0 aliphatic rings. The SMILES string of the molecule is CCOc1ccc(N(CC(=O)N(Cc2cccc(Br)c2)[C@@H](C)C(=O)N[C@H](C)CC)S(=O)(=O)c2ccc(OC)c(OC)c2)cc1. The lowest BCUT2D eigenvalue weighted by Crippen LogP contribution is -2.52. The number of hydrogen-bond donors (Lipinski definition) is 1. The number of amides is 2. The van der Waals surface area contributed by atoms with E-state index in [2.05, 4.69) is 21.2 Å². The van der Waals surface area contributed by atoms with Crippen LogP contribution in [0.5, 0.6) is 17.2 Å². The summed E-state index contributed by atoms with van der Waals surface area (Å²) >= 11 is 3.46. The molecule has 1 N–H and O–H groups in total. The van der Waals surface area contributed by atoms with Gasteiger partial charge in [-0.2, -0.15) is 0 Å². The van der Waals surface area contributed by atoms with Crippen LogP contribution in [0.4, 0.5) is 5.69 Å². The number of sulfonamides is 1. The van der Waals surface area contributed by atoms with Gasteiger partial charge in [-0.3, -0.25) is 13.9 Å². The molecule has 0 saturated carbocycles. The summed E-state index contributed by atoms with van der Waals surface area (Å²) in [4.78, 5) is 28.7. The number of ether oxygens (including phenoxy) is 3. The van der Waals surface area contributed by atoms with Crippen LogP contribution in [0.2, 0.25) is 0 Å². The third-order valence-electron chi connectivity index (χ3n) is 7.07. The van der Waals surface area contributed by atoms with E-state index < -0.39 is 28.5 Å². The summed E-state index contributed by atoms with van der Waals surface area (Å²) in [5.74, 6) is 0.236. The Morgan fingerprint density at radius 3 is 2.20 bits per heavy atom. The highest BCUT2D eigenvalue weighted by atomic mass is 79.9. The second-order valence-electron chi connectivity index (χ2n) is 10.1. The van der Waals surface area contributed by atoms with Crippen molar-refractivity contribution in [1.29, 1.82) is 0 Å². The molecule has 0 spiro atoms. The first-order valence-corrected chi connectivity index (χ1v) is 16.5. The average Bonchev–Trinajstić information content (AvgIpc) is 3.02. The highest BCUT2D eigenvalue weighted by Crippen LogP contribution is 2.33. The van der Waals surface area contributed by atoms with Crippen molar-refractivity contribution in [2.45, 2.75) is 57.6 Å². The van der Waals surface area contributed by atoms with Crippen LogP contribution in [-0.4, -0.2) is 64.6 Å². The van der Waals surface area contributed by atoms with Crippen molar-refractivity contribution in [2.24, 2.45) is 0 Å². The van der Waals surface area contributed by atoms with Crippen molar-refractivity contribution in [1.82, 2.24) is 10.2 Å². The van der Waals surface area contributed by atoms with E-state index >= 15 is 0 Å². The molecule has 0 heterocycles. The number of halogens is 1. The number of methoxy groups -OCH3 is 2. The highest BCUT2D eigenvalue weighted by molar-refractivity contribution is 9.10. The molecule has 0 aromatic heterocycles. The maximum Gasteiger partial charge on any atom is 0.264 e. The van der Waals surface area contributed by atoms with Gasteiger partial charge in [0.15, 0.2) is 11.5 Å². The number of rotatable bonds is 15. The molecule has 0 fully saturated rings. The fraction of sp³-hybridized carbons (Fsp3) is 0.375. The smallest absolute Gasteiger partial charge is 0.264 e. The van der Waals surface area contributed by atoms with Gasteiger partial charge in [0.1, 0.15) is 18.3 Å². The van der Waals surface area contributed by atoms with E-state index in [1.54, 1.807) is 31.2 Å². The Labute approximate surface area is 268 Å². The van der Waals surface area contributed by atoms with Crippen LogP contribution in [-0.2, 0) is 26.2 Å². The Balaban J connectivity index is 2.08. The molecule has 0 saturated heterocycles. The van der Waals surface area contributed by atoms with Gasteiger partial charge >= 0.3 is 0 Å². The lowest BCUT2D eigenvalue weighted by Gasteiger charge is -2.32. The fourth-order valence-electron chi connectivity index (χ4n) is 4.39. The Hall–Kier alpha value is -3.77. The van der Waals surface area contributed by atoms with Gasteiger partial charge in [0.25, 0.3) is 10.0 Å². The van der Waals surface area contributed by atoms with Crippen molar-refractivity contribution in [2.75, 3.05) is 31.7 Å². The van der Waals surface area contributed by atoms with Gasteiger partial charge in [-0.25, -0.2) is 8.42 Å². The maximum absolute atomic E-state index is 14.2. The van der Waals surface area contributed by atoms with Crippen molar-refractivity contribution < 1.29 is 32.2 Å². The van der Waals surface area contributed by atoms with E-state index in [0.717, 1.165) is 14.3 Å². The topological polar surface area (TPSA) is 114 Å². The van der Waals surface area contributed by atoms with Crippen molar-refractivity contribution in [3.8, 4) is 17.2 Å². The standard InChI is InChI=1S/C32H40BrN3O7S/c1-7-22(3)34-32(38)23(4)35(20-24-10-9-11-25(33)18-24)31(37)21-36(26-12-14-27(15-13-26)43-8-2)44(39,40)28-16-17-29(41-5)30(19-28)42-6/h9-19,22-23H,7-8,20-21H2,1-6H3,(H,34,38)/t22-,23+/m1/s1. The van der Waals surface area contributed by atoms with Crippen LogP contribution in [0, 0.1) is 0 Å². The second kappa shape index (κ2) is 15.8. The highest BCUT2D eigenvalue weighted by Gasteiger charge is 2.33. The normalized spacial score (nSPS) is 12.5. The third-order valence-corrected chi connectivity index (χ3v) is 9.33. The van der Waals surface area contributed by atoms with Crippen LogP contribution in [0.3, 0.4) is 0 Å². The van der Waals surface area contributed by atoms with Crippen LogP contribution >= 0.6 is 15.9 Å². The first-order chi connectivity index (χ1) is 20.9. The lowest BCUT2D eigenvalue weighted by atomic mass is 10.1. The zero-order valence-electron chi connectivity index (χ0n) is 25.9. The van der Waals surface area contributed by atoms with E-state index in [1.807, 2.05) is 45.0 Å². The molecular weight excluding hydrogens is 650 g/mol. The van der Waals surface area contributed by atoms with E-state index in [1.165, 1.54) is 37.3 Å². The second-order valence-corrected chi connectivity index (χ2v) is 12.9. The molecule has 3 rings (SSSR count). The quantitative estimate of drug-likeness (QED) is 0.228. The minimum Gasteiger partial charge on any atom is -0.494 e. The van der Waals surface area contributed by atoms with Crippen molar-refractivity contribution >= 4 is 43.5 Å². The van der Waals surface area contributed by atoms with Gasteiger partial charge in [-0.1, -0.05) is 35.0 Å². The van der Waals surface area contributed by atoms with Crippen molar-refractivity contribution in [3.63, 3.8) is 0 Å². The number of nitrogens with one attached hydrogen (secondary N) is 1. The molecule has 3 aromatic carbocycles. The van der Waals surface area contributed by atoms with Gasteiger partial charge < -0.3 is 24.4 Å². The van der Waals surface area contributed by atoms with E-state index in [4.69, 9.17) is 14.2 Å². The molecule has 0 aliphatic heterocycles. The van der Waals surface area contributed by atoms with E-state index in [-0.39, 0.29) is 34.8 Å². The molecular formula is C32H40BrN3O7S. The number of benzene rings is 3. The number of anilines is 1. The van der Waals surface area contributed by atoms with Gasteiger partial charge in [-0.05, 0) is 81.3 Å². The summed E-state index contributed by atoms with van der Waals surface area (Å²) in [6.45, 7) is 7.27. The molecule has 0 unspecified atom stereocenters. The first-order valence-electron chi connectivity index (χ1n) is 14.3. The van der Waals surface area contributed by atoms with Crippen LogP contribution < -0.4 is 23.8 Å². The number of nitrogens with zero attached hydrogens (tertiary/aromatic N) is 2. The Kier molecular flexibility index (Phi) is 12.5. The third kappa shape index (κ3) is 8.66. The van der Waals surface area contributed by atoms with Crippen molar-refractivity contribution in [3.05, 3.63) is 76.8 Å². The molecule has 2 amide bonds. The summed E-state index contributed by atoms with van der Waals surface area (Å²) in [6, 6.07) is 17.1. The number of hydrogen-bond acceptors (Lipinski definition) is 7. The van der Waals surface area contributed by atoms with Crippen LogP contribution in [0.1, 0.15) is 39.7 Å². The minimum absolute atomic E-state index is 0.0842. The van der Waals surface area contributed by atoms with Gasteiger partial charge in [0.2, 0.25) is 11.8 Å². The van der Waals surface area contributed by atoms with Gasteiger partial charge in [0, 0.05) is 23.1 Å². The lowest BCUT2D eigenvalue weighted by molar-refractivity contribution is -0.139. The van der Waals surface area contributed by atoms with E-state index in [9.17, 15) is 18.0 Å². The fourth-order valence-corrected chi connectivity index (χ4v) is 6.27. The largest absolute Gasteiger partial charge is 0.494 e. The molecule has 10 nitrogen and oxygen atoms in total. The zero-order valence-corrected chi connectivity index (χ0v) is 28.3. The molecule has 0 aliphatic carbocycles.